The molecule has 26 heavy (non-hydrogen) atoms. The minimum Gasteiger partial charge on any atom is -0.496 e. The summed E-state index contributed by atoms with van der Waals surface area (Å²) < 4.78 is 13.3. The van der Waals surface area contributed by atoms with Gasteiger partial charge in [0.1, 0.15) is 5.75 Å². The van der Waals surface area contributed by atoms with Crippen LogP contribution in [0.2, 0.25) is 0 Å². The van der Waals surface area contributed by atoms with Crippen molar-refractivity contribution in [3.8, 4) is 16.9 Å². The molecule has 0 unspecified atom stereocenters. The molecule has 2 N–H and O–H groups in total. The zero-order valence-corrected chi connectivity index (χ0v) is 16.3. The summed E-state index contributed by atoms with van der Waals surface area (Å²) in [5, 5.41) is 0. The van der Waals surface area contributed by atoms with E-state index in [4.69, 9.17) is 15.2 Å². The summed E-state index contributed by atoms with van der Waals surface area (Å²) >= 11 is 0. The van der Waals surface area contributed by atoms with Crippen molar-refractivity contribution >= 4 is 5.91 Å². The predicted molar refractivity (Wildman–Crippen MR) is 105 cm³/mol. The molecule has 5 heteroatoms. The van der Waals surface area contributed by atoms with E-state index in [1.54, 1.807) is 7.11 Å². The summed E-state index contributed by atoms with van der Waals surface area (Å²) in [6, 6.07) is 7.79. The Bertz CT molecular complexity index is 750. The first-order chi connectivity index (χ1) is 12.6. The number of carbonyl (C=O) groups excluding carboxylic acids is 1. The van der Waals surface area contributed by atoms with Crippen molar-refractivity contribution in [3.63, 3.8) is 0 Å². The molecule has 2 aromatic rings. The number of nitrogens with two attached hydrogens (primary N) is 1. The topological polar surface area (TPSA) is 66.5 Å². The minimum atomic E-state index is -0.399. The Morgan fingerprint density at radius 3 is 2.58 bits per heavy atom. The number of nitrogens with zero attached hydrogens (tertiary/aromatic N) is 1. The predicted octanol–water partition coefficient (Wildman–Crippen LogP) is 3.95. The lowest BCUT2D eigenvalue weighted by Crippen LogP contribution is -2.14. The Hall–Kier alpha value is -2.27. The zero-order chi connectivity index (χ0) is 19.1. The first-order valence-electron chi connectivity index (χ1n) is 9.29. The van der Waals surface area contributed by atoms with Gasteiger partial charge in [-0.2, -0.15) is 0 Å². The van der Waals surface area contributed by atoms with E-state index < -0.39 is 5.91 Å². The first-order valence-corrected chi connectivity index (χ1v) is 9.29. The number of primary amides is 1. The van der Waals surface area contributed by atoms with Crippen LogP contribution in [0.4, 0.5) is 0 Å². The van der Waals surface area contributed by atoms with E-state index in [1.807, 2.05) is 38.1 Å². The third kappa shape index (κ3) is 4.10. The van der Waals surface area contributed by atoms with Crippen LogP contribution in [0, 0.1) is 6.92 Å². The number of rotatable bonds is 10. The van der Waals surface area contributed by atoms with Crippen LogP contribution in [0.25, 0.3) is 11.1 Å². The second kappa shape index (κ2) is 9.43. The summed E-state index contributed by atoms with van der Waals surface area (Å²) in [5.74, 6) is 0.350. The van der Waals surface area contributed by atoms with Crippen LogP contribution in [0.1, 0.15) is 48.4 Å². The van der Waals surface area contributed by atoms with E-state index >= 15 is 0 Å². The van der Waals surface area contributed by atoms with Crippen LogP contribution in [0.5, 0.6) is 5.75 Å². The van der Waals surface area contributed by atoms with Crippen LogP contribution in [0.15, 0.2) is 24.3 Å². The molecule has 1 amide bonds. The fourth-order valence-electron chi connectivity index (χ4n) is 3.51. The van der Waals surface area contributed by atoms with Gasteiger partial charge < -0.3 is 19.8 Å². The van der Waals surface area contributed by atoms with Crippen LogP contribution in [0.3, 0.4) is 0 Å². The Morgan fingerprint density at radius 1 is 1.23 bits per heavy atom. The highest BCUT2D eigenvalue weighted by molar-refractivity contribution is 6.03. The number of ether oxygens (including phenoxy) is 2. The van der Waals surface area contributed by atoms with Gasteiger partial charge in [-0.05, 0) is 32.8 Å². The molecule has 0 aliphatic rings. The Labute approximate surface area is 156 Å². The third-order valence-corrected chi connectivity index (χ3v) is 4.62. The van der Waals surface area contributed by atoms with Crippen molar-refractivity contribution in [2.24, 2.45) is 5.73 Å². The van der Waals surface area contributed by atoms with Gasteiger partial charge in [-0.1, -0.05) is 31.5 Å². The molecule has 0 atom stereocenters. The van der Waals surface area contributed by atoms with Gasteiger partial charge in [0, 0.05) is 42.3 Å². The highest BCUT2D eigenvalue weighted by atomic mass is 16.5. The molecular weight excluding hydrogens is 328 g/mol. The number of benzene rings is 1. The van der Waals surface area contributed by atoms with Gasteiger partial charge in [0.05, 0.1) is 12.7 Å². The smallest absolute Gasteiger partial charge is 0.251 e. The lowest BCUT2D eigenvalue weighted by Gasteiger charge is -2.14. The van der Waals surface area contributed by atoms with E-state index in [0.717, 1.165) is 54.1 Å². The fraction of sp³-hybridized carbons (Fsp3) is 0.476. The fourth-order valence-corrected chi connectivity index (χ4v) is 3.51. The molecule has 0 aliphatic carbocycles. The average molecular weight is 358 g/mol. The van der Waals surface area contributed by atoms with Crippen LogP contribution in [-0.2, 0) is 17.7 Å². The summed E-state index contributed by atoms with van der Waals surface area (Å²) in [5.41, 5.74) is 10.3. The average Bonchev–Trinajstić information content (AvgIpc) is 2.91. The van der Waals surface area contributed by atoms with E-state index in [9.17, 15) is 4.79 Å². The Kier molecular flexibility index (Phi) is 7.27. The number of para-hydroxylation sites is 1. The second-order valence-electron chi connectivity index (χ2n) is 6.30. The summed E-state index contributed by atoms with van der Waals surface area (Å²) in [7, 11) is 1.65. The molecule has 0 aliphatic heterocycles. The highest BCUT2D eigenvalue weighted by Crippen LogP contribution is 2.38. The van der Waals surface area contributed by atoms with Gasteiger partial charge >= 0.3 is 0 Å². The largest absolute Gasteiger partial charge is 0.496 e. The van der Waals surface area contributed by atoms with E-state index in [-0.39, 0.29) is 0 Å². The SMILES string of the molecule is CCCc1c(-c2ccccc2OC)c(C(N)=O)c(C)n1CCCOCC. The molecule has 2 rings (SSSR count). The lowest BCUT2D eigenvalue weighted by atomic mass is 9.97. The zero-order valence-electron chi connectivity index (χ0n) is 16.3. The number of amides is 1. The van der Waals surface area contributed by atoms with E-state index in [2.05, 4.69) is 11.5 Å². The number of methoxy groups -OCH3 is 1. The van der Waals surface area contributed by atoms with Crippen LogP contribution < -0.4 is 10.5 Å². The lowest BCUT2D eigenvalue weighted by molar-refractivity contribution is 0.1000. The van der Waals surface area contributed by atoms with Gasteiger partial charge in [0.15, 0.2) is 0 Å². The van der Waals surface area contributed by atoms with Gasteiger partial charge in [-0.15, -0.1) is 0 Å². The van der Waals surface area contributed by atoms with E-state index in [0.29, 0.717) is 18.8 Å². The molecule has 0 bridgehead atoms. The normalized spacial score (nSPS) is 10.9. The van der Waals surface area contributed by atoms with Crippen LogP contribution >= 0.6 is 0 Å². The van der Waals surface area contributed by atoms with Gasteiger partial charge in [0.2, 0.25) is 0 Å². The highest BCUT2D eigenvalue weighted by Gasteiger charge is 2.25. The van der Waals surface area contributed by atoms with Crippen molar-refractivity contribution in [2.45, 2.75) is 46.6 Å². The number of hydrogen-bond donors (Lipinski definition) is 1. The van der Waals surface area contributed by atoms with Crippen molar-refractivity contribution in [2.75, 3.05) is 20.3 Å². The molecule has 0 fully saturated rings. The van der Waals surface area contributed by atoms with Crippen molar-refractivity contribution in [1.29, 1.82) is 0 Å². The minimum absolute atomic E-state index is 0.399. The first kappa shape index (κ1) is 20.0. The number of carbonyl (C=O) groups is 1. The molecule has 0 spiro atoms. The van der Waals surface area contributed by atoms with Gasteiger partial charge in [-0.3, -0.25) is 4.79 Å². The van der Waals surface area contributed by atoms with Crippen molar-refractivity contribution in [1.82, 2.24) is 4.57 Å². The molecule has 1 aromatic heterocycles. The maximum atomic E-state index is 12.3. The molecule has 1 aromatic carbocycles. The summed E-state index contributed by atoms with van der Waals surface area (Å²) in [4.78, 5) is 12.3. The molecular formula is C21H30N2O3. The quantitative estimate of drug-likeness (QED) is 0.654. The Morgan fingerprint density at radius 2 is 1.96 bits per heavy atom. The molecule has 0 saturated heterocycles. The van der Waals surface area contributed by atoms with E-state index in [1.165, 1.54) is 0 Å². The maximum absolute atomic E-state index is 12.3. The molecule has 142 valence electrons. The van der Waals surface area contributed by atoms with Crippen molar-refractivity contribution in [3.05, 3.63) is 41.2 Å². The molecule has 5 nitrogen and oxygen atoms in total. The second-order valence-corrected chi connectivity index (χ2v) is 6.30. The van der Waals surface area contributed by atoms with Crippen LogP contribution in [-0.4, -0.2) is 30.8 Å². The maximum Gasteiger partial charge on any atom is 0.251 e. The number of hydrogen-bond acceptors (Lipinski definition) is 3. The standard InChI is InChI=1S/C21H30N2O3/c1-5-10-17-20(16-11-7-8-12-18(16)25-4)19(21(22)24)15(3)23(17)13-9-14-26-6-2/h7-8,11-12H,5-6,9-10,13-14H2,1-4H3,(H2,22,24). The molecule has 0 saturated carbocycles. The number of aromatic nitrogens is 1. The summed E-state index contributed by atoms with van der Waals surface area (Å²) in [6.07, 6.45) is 2.75. The Balaban J connectivity index is 2.62. The monoisotopic (exact) mass is 358 g/mol. The van der Waals surface area contributed by atoms with Crippen molar-refractivity contribution < 1.29 is 14.3 Å². The van der Waals surface area contributed by atoms with Gasteiger partial charge in [0.25, 0.3) is 5.91 Å². The molecule has 1 heterocycles. The molecule has 0 radical (unpaired) electrons. The van der Waals surface area contributed by atoms with Gasteiger partial charge in [-0.25, -0.2) is 0 Å². The summed E-state index contributed by atoms with van der Waals surface area (Å²) in [6.45, 7) is 8.33. The third-order valence-electron chi connectivity index (χ3n) is 4.62.